The van der Waals surface area contributed by atoms with Gasteiger partial charge in [-0.25, -0.2) is 0 Å². The third kappa shape index (κ3) is 3.88. The van der Waals surface area contributed by atoms with Crippen LogP contribution < -0.4 is 5.32 Å². The van der Waals surface area contributed by atoms with Crippen molar-refractivity contribution in [1.29, 1.82) is 5.26 Å². The molecule has 0 unspecified atom stereocenters. The van der Waals surface area contributed by atoms with Gasteiger partial charge in [-0.2, -0.15) is 10.4 Å². The average Bonchev–Trinajstić information content (AvgIpc) is 3.14. The minimum atomic E-state index is -0.226. The molecule has 1 amide bonds. The van der Waals surface area contributed by atoms with Gasteiger partial charge in [-0.05, 0) is 42.2 Å². The molecule has 3 rings (SSSR count). The molecular weight excluding hydrogens is 344 g/mol. The average molecular weight is 369 g/mol. The first kappa shape index (κ1) is 18.4. The highest BCUT2D eigenvalue weighted by Gasteiger charge is 2.32. The molecule has 5 nitrogen and oxygen atoms in total. The number of carbonyl (C=O) groups excluding carboxylic acids is 1. The number of rotatable bonds is 3. The Morgan fingerprint density at radius 1 is 1.50 bits per heavy atom. The number of nitrogens with zero attached hydrogens (tertiary/aromatic N) is 3. The maximum atomic E-state index is 12.3. The van der Waals surface area contributed by atoms with Gasteiger partial charge in [0.2, 0.25) is 5.91 Å². The summed E-state index contributed by atoms with van der Waals surface area (Å²) in [7, 11) is 1.83. The van der Waals surface area contributed by atoms with Gasteiger partial charge in [0, 0.05) is 29.8 Å². The van der Waals surface area contributed by atoms with E-state index in [1.54, 1.807) is 28.3 Å². The molecule has 1 aliphatic carbocycles. The fraction of sp³-hybridized carbons (Fsp3) is 0.450. The van der Waals surface area contributed by atoms with Crippen LogP contribution in [0.2, 0.25) is 0 Å². The molecule has 0 bridgehead atoms. The Morgan fingerprint density at radius 3 is 2.88 bits per heavy atom. The van der Waals surface area contributed by atoms with Crippen LogP contribution in [0.15, 0.2) is 18.5 Å². The summed E-state index contributed by atoms with van der Waals surface area (Å²) in [5.74, 6) is 0.380. The highest BCUT2D eigenvalue weighted by Crippen LogP contribution is 2.43. The first-order valence-corrected chi connectivity index (χ1v) is 9.62. The molecule has 136 valence electrons. The quantitative estimate of drug-likeness (QED) is 0.827. The van der Waals surface area contributed by atoms with E-state index in [0.29, 0.717) is 16.5 Å². The van der Waals surface area contributed by atoms with Gasteiger partial charge in [0.25, 0.3) is 0 Å². The van der Waals surface area contributed by atoms with Crippen molar-refractivity contribution in [1.82, 2.24) is 9.78 Å². The molecule has 0 aromatic carbocycles. The third-order valence-electron chi connectivity index (χ3n) is 4.99. The predicted molar refractivity (Wildman–Crippen MR) is 105 cm³/mol. The number of hydrogen-bond donors (Lipinski definition) is 1. The van der Waals surface area contributed by atoms with E-state index < -0.39 is 0 Å². The van der Waals surface area contributed by atoms with Crippen LogP contribution in [0, 0.1) is 22.7 Å². The number of anilines is 1. The summed E-state index contributed by atoms with van der Waals surface area (Å²) in [6.45, 7) is 6.81. The fourth-order valence-corrected chi connectivity index (χ4v) is 4.66. The Balaban J connectivity index is 1.77. The van der Waals surface area contributed by atoms with E-state index in [2.05, 4.69) is 37.3 Å². The summed E-state index contributed by atoms with van der Waals surface area (Å²) in [5.41, 5.74) is 2.89. The molecule has 2 heterocycles. The molecule has 0 spiro atoms. The van der Waals surface area contributed by atoms with Crippen molar-refractivity contribution >= 4 is 28.3 Å². The van der Waals surface area contributed by atoms with E-state index >= 15 is 0 Å². The summed E-state index contributed by atoms with van der Waals surface area (Å²) in [6.07, 6.45) is 9.72. The van der Waals surface area contributed by atoms with Crippen LogP contribution >= 0.6 is 11.3 Å². The third-order valence-corrected chi connectivity index (χ3v) is 6.16. The summed E-state index contributed by atoms with van der Waals surface area (Å²) in [6, 6.07) is 2.30. The van der Waals surface area contributed by atoms with Crippen LogP contribution in [0.1, 0.15) is 48.8 Å². The van der Waals surface area contributed by atoms with Crippen LogP contribution in [-0.4, -0.2) is 15.7 Å². The first-order chi connectivity index (χ1) is 12.3. The molecule has 26 heavy (non-hydrogen) atoms. The number of nitrogens with one attached hydrogen (secondary N) is 1. The summed E-state index contributed by atoms with van der Waals surface area (Å²) in [5, 5.41) is 17.2. The first-order valence-electron chi connectivity index (χ1n) is 8.80. The number of carbonyl (C=O) groups is 1. The van der Waals surface area contributed by atoms with Gasteiger partial charge in [0.1, 0.15) is 11.1 Å². The Hall–Kier alpha value is -2.39. The molecular formula is C20H24N4OS. The van der Waals surface area contributed by atoms with Crippen molar-refractivity contribution in [2.45, 2.75) is 40.0 Å². The monoisotopic (exact) mass is 368 g/mol. The number of nitriles is 1. The second kappa shape index (κ2) is 7.08. The molecule has 0 fully saturated rings. The zero-order valence-corrected chi connectivity index (χ0v) is 16.5. The zero-order chi connectivity index (χ0) is 18.9. The van der Waals surface area contributed by atoms with Gasteiger partial charge in [0.15, 0.2) is 0 Å². The number of hydrogen-bond acceptors (Lipinski definition) is 4. The van der Waals surface area contributed by atoms with E-state index in [1.807, 2.05) is 13.2 Å². The fourth-order valence-electron chi connectivity index (χ4n) is 3.38. The molecule has 0 radical (unpaired) electrons. The SMILES string of the molecule is Cn1cc(/C=C/C(=O)Nc2sc3c(c2C#N)CC[C@@H](C(C)(C)C)C3)cn1. The van der Waals surface area contributed by atoms with Crippen molar-refractivity contribution in [3.8, 4) is 6.07 Å². The minimum absolute atomic E-state index is 0.226. The van der Waals surface area contributed by atoms with Crippen molar-refractivity contribution in [3.05, 3.63) is 40.0 Å². The minimum Gasteiger partial charge on any atom is -0.313 e. The van der Waals surface area contributed by atoms with Crippen LogP contribution in [-0.2, 0) is 24.7 Å². The molecule has 1 aliphatic rings. The molecule has 2 aromatic heterocycles. The molecule has 0 aliphatic heterocycles. The lowest BCUT2D eigenvalue weighted by Gasteiger charge is -2.33. The largest absolute Gasteiger partial charge is 0.313 e. The second-order valence-electron chi connectivity index (χ2n) is 7.90. The van der Waals surface area contributed by atoms with Gasteiger partial charge >= 0.3 is 0 Å². The maximum absolute atomic E-state index is 12.3. The molecule has 2 aromatic rings. The normalized spacial score (nSPS) is 17.1. The smallest absolute Gasteiger partial charge is 0.249 e. The van der Waals surface area contributed by atoms with Crippen LogP contribution in [0.3, 0.4) is 0 Å². The van der Waals surface area contributed by atoms with E-state index in [9.17, 15) is 10.1 Å². The Morgan fingerprint density at radius 2 is 2.27 bits per heavy atom. The van der Waals surface area contributed by atoms with Crippen molar-refractivity contribution in [3.63, 3.8) is 0 Å². The van der Waals surface area contributed by atoms with E-state index in [0.717, 1.165) is 30.4 Å². The maximum Gasteiger partial charge on any atom is 0.249 e. The van der Waals surface area contributed by atoms with E-state index in [4.69, 9.17) is 0 Å². The van der Waals surface area contributed by atoms with Crippen molar-refractivity contribution in [2.75, 3.05) is 5.32 Å². The van der Waals surface area contributed by atoms with Gasteiger partial charge in [-0.3, -0.25) is 9.48 Å². The molecule has 0 saturated carbocycles. The van der Waals surface area contributed by atoms with Crippen LogP contribution in [0.4, 0.5) is 5.00 Å². The van der Waals surface area contributed by atoms with Gasteiger partial charge < -0.3 is 5.32 Å². The van der Waals surface area contributed by atoms with Crippen LogP contribution in [0.25, 0.3) is 6.08 Å². The Labute approximate surface area is 158 Å². The number of aryl methyl sites for hydroxylation is 1. The standard InChI is InChI=1S/C20H24N4OS/c1-20(2,3)14-6-7-15-16(10-21)19(26-17(15)9-14)23-18(25)8-5-13-11-22-24(4)12-13/h5,8,11-12,14H,6-7,9H2,1-4H3,(H,23,25)/b8-5+/t14-/m1/s1. The van der Waals surface area contributed by atoms with Gasteiger partial charge in [-0.1, -0.05) is 20.8 Å². The second-order valence-corrected chi connectivity index (χ2v) is 9.00. The predicted octanol–water partition coefficient (Wildman–Crippen LogP) is 4.16. The Kier molecular flexibility index (Phi) is 5.01. The topological polar surface area (TPSA) is 70.7 Å². The number of amides is 1. The van der Waals surface area contributed by atoms with Crippen molar-refractivity contribution < 1.29 is 4.79 Å². The number of thiophene rings is 1. The molecule has 1 N–H and O–H groups in total. The highest BCUT2D eigenvalue weighted by molar-refractivity contribution is 7.16. The van der Waals surface area contributed by atoms with Crippen molar-refractivity contribution in [2.24, 2.45) is 18.4 Å². The lowest BCUT2D eigenvalue weighted by molar-refractivity contribution is -0.111. The Bertz CT molecular complexity index is 892. The summed E-state index contributed by atoms with van der Waals surface area (Å²) >= 11 is 1.56. The number of fused-ring (bicyclic) bond motifs is 1. The van der Waals surface area contributed by atoms with Gasteiger partial charge in [-0.15, -0.1) is 11.3 Å². The zero-order valence-electron chi connectivity index (χ0n) is 15.7. The van der Waals surface area contributed by atoms with Gasteiger partial charge in [0.05, 0.1) is 11.8 Å². The summed E-state index contributed by atoms with van der Waals surface area (Å²) in [4.78, 5) is 13.5. The molecule has 6 heteroatoms. The van der Waals surface area contributed by atoms with E-state index in [1.165, 1.54) is 11.0 Å². The van der Waals surface area contributed by atoms with Crippen LogP contribution in [0.5, 0.6) is 0 Å². The lowest BCUT2D eigenvalue weighted by Crippen LogP contribution is -2.26. The summed E-state index contributed by atoms with van der Waals surface area (Å²) < 4.78 is 1.68. The molecule has 0 saturated heterocycles. The lowest BCUT2D eigenvalue weighted by atomic mass is 9.72. The van der Waals surface area contributed by atoms with E-state index in [-0.39, 0.29) is 11.3 Å². The number of aromatic nitrogens is 2. The molecule has 1 atom stereocenters. The highest BCUT2D eigenvalue weighted by atomic mass is 32.1.